The Bertz CT molecular complexity index is 579. The third-order valence-electron chi connectivity index (χ3n) is 5.03. The predicted octanol–water partition coefficient (Wildman–Crippen LogP) is 3.81. The van der Waals surface area contributed by atoms with Crippen LogP contribution in [0.15, 0.2) is 24.3 Å². The van der Waals surface area contributed by atoms with Crippen LogP contribution in [0.25, 0.3) is 0 Å². The van der Waals surface area contributed by atoms with Gasteiger partial charge in [0.05, 0.1) is 18.4 Å². The summed E-state index contributed by atoms with van der Waals surface area (Å²) >= 11 is 6.01. The molecule has 0 N–H and O–H groups in total. The summed E-state index contributed by atoms with van der Waals surface area (Å²) in [6, 6.07) is 7.61. The fourth-order valence-electron chi connectivity index (χ4n) is 3.64. The Kier molecular flexibility index (Phi) is 6.27. The van der Waals surface area contributed by atoms with Crippen LogP contribution in [0.2, 0.25) is 5.02 Å². The van der Waals surface area contributed by atoms with Crippen molar-refractivity contribution in [3.8, 4) is 0 Å². The first-order chi connectivity index (χ1) is 11.4. The van der Waals surface area contributed by atoms with Gasteiger partial charge in [-0.1, -0.05) is 43.5 Å². The molecule has 5 heteroatoms. The van der Waals surface area contributed by atoms with Gasteiger partial charge in [0.2, 0.25) is 5.91 Å². The predicted molar refractivity (Wildman–Crippen MR) is 95.0 cm³/mol. The first-order valence-corrected chi connectivity index (χ1v) is 8.95. The smallest absolute Gasteiger partial charge is 0.310 e. The van der Waals surface area contributed by atoms with Crippen LogP contribution in [-0.4, -0.2) is 37.0 Å². The largest absolute Gasteiger partial charge is 0.469 e. The lowest BCUT2D eigenvalue weighted by Gasteiger charge is -2.35. The monoisotopic (exact) mass is 351 g/mol. The van der Waals surface area contributed by atoms with E-state index in [1.165, 1.54) is 7.11 Å². The highest BCUT2D eigenvalue weighted by Crippen LogP contribution is 2.43. The first-order valence-electron chi connectivity index (χ1n) is 8.58. The van der Waals surface area contributed by atoms with Crippen molar-refractivity contribution in [2.45, 2.75) is 44.9 Å². The van der Waals surface area contributed by atoms with E-state index < -0.39 is 5.41 Å². The molecule has 1 amide bonds. The van der Waals surface area contributed by atoms with E-state index in [1.807, 2.05) is 31.2 Å². The molecule has 0 radical (unpaired) electrons. The second-order valence-electron chi connectivity index (χ2n) is 6.56. The van der Waals surface area contributed by atoms with Gasteiger partial charge in [0.1, 0.15) is 0 Å². The van der Waals surface area contributed by atoms with Crippen molar-refractivity contribution in [2.24, 2.45) is 5.92 Å². The molecule has 4 nitrogen and oxygen atoms in total. The summed E-state index contributed by atoms with van der Waals surface area (Å²) in [4.78, 5) is 26.9. The number of likely N-dealkylation sites (N-methyl/N-ethyl adjacent to an activating group) is 1. The second kappa shape index (κ2) is 8.02. The molecule has 0 aromatic heterocycles. The zero-order valence-corrected chi connectivity index (χ0v) is 15.4. The van der Waals surface area contributed by atoms with Gasteiger partial charge in [0.15, 0.2) is 0 Å². The molecule has 1 aromatic rings. The number of carbonyl (C=O) groups is 2. The van der Waals surface area contributed by atoms with E-state index in [0.29, 0.717) is 18.1 Å². The van der Waals surface area contributed by atoms with E-state index in [1.54, 1.807) is 11.8 Å². The van der Waals surface area contributed by atoms with Gasteiger partial charge in [-0.3, -0.25) is 9.59 Å². The fourth-order valence-corrected chi connectivity index (χ4v) is 3.76. The molecule has 0 spiro atoms. The minimum atomic E-state index is -0.490. The van der Waals surface area contributed by atoms with Crippen LogP contribution >= 0.6 is 11.6 Å². The molecule has 0 aliphatic heterocycles. The average Bonchev–Trinajstić information content (AvgIpc) is 3.09. The minimum Gasteiger partial charge on any atom is -0.469 e. The zero-order chi connectivity index (χ0) is 17.7. The molecular weight excluding hydrogens is 326 g/mol. The van der Waals surface area contributed by atoms with Crippen molar-refractivity contribution < 1.29 is 14.3 Å². The number of rotatable bonds is 6. The lowest BCUT2D eigenvalue weighted by atomic mass is 9.77. The van der Waals surface area contributed by atoms with Gasteiger partial charge in [-0.2, -0.15) is 0 Å². The minimum absolute atomic E-state index is 0.112. The molecule has 24 heavy (non-hydrogen) atoms. The zero-order valence-electron chi connectivity index (χ0n) is 14.7. The van der Waals surface area contributed by atoms with Gasteiger partial charge in [-0.05, 0) is 37.5 Å². The highest BCUT2D eigenvalue weighted by molar-refractivity contribution is 6.30. The number of hydrogen-bond donors (Lipinski definition) is 0. The van der Waals surface area contributed by atoms with E-state index in [-0.39, 0.29) is 17.8 Å². The van der Waals surface area contributed by atoms with E-state index in [0.717, 1.165) is 31.2 Å². The van der Waals surface area contributed by atoms with Crippen molar-refractivity contribution >= 4 is 23.5 Å². The fraction of sp³-hybridized carbons (Fsp3) is 0.579. The number of hydrogen-bond acceptors (Lipinski definition) is 3. The molecule has 1 aliphatic rings. The maximum absolute atomic E-state index is 13.4. The van der Waals surface area contributed by atoms with E-state index >= 15 is 0 Å². The molecule has 132 valence electrons. The first kappa shape index (κ1) is 18.8. The Balaban J connectivity index is 2.27. The number of halogens is 1. The third kappa shape index (κ3) is 3.75. The van der Waals surface area contributed by atoms with E-state index in [4.69, 9.17) is 16.3 Å². The molecule has 2 rings (SSSR count). The number of esters is 1. The quantitative estimate of drug-likeness (QED) is 0.732. The molecule has 0 bridgehead atoms. The Morgan fingerprint density at radius 2 is 1.83 bits per heavy atom. The summed E-state index contributed by atoms with van der Waals surface area (Å²) in [6.45, 7) is 4.71. The maximum atomic E-state index is 13.4. The van der Waals surface area contributed by atoms with E-state index in [2.05, 4.69) is 0 Å². The highest BCUT2D eigenvalue weighted by atomic mass is 35.5. The number of ether oxygens (including phenoxy) is 1. The molecule has 1 aromatic carbocycles. The number of carbonyl (C=O) groups excluding carboxylic acids is 2. The summed E-state index contributed by atoms with van der Waals surface area (Å²) in [6.07, 6.45) is 3.77. The van der Waals surface area contributed by atoms with Crippen LogP contribution < -0.4 is 0 Å². The van der Waals surface area contributed by atoms with E-state index in [9.17, 15) is 9.59 Å². The number of amides is 1. The highest BCUT2D eigenvalue weighted by Gasteiger charge is 2.45. The molecule has 1 fully saturated rings. The molecule has 0 heterocycles. The van der Waals surface area contributed by atoms with Crippen molar-refractivity contribution in [3.63, 3.8) is 0 Å². The lowest BCUT2D eigenvalue weighted by molar-refractivity contribution is -0.147. The molecule has 1 unspecified atom stereocenters. The summed E-state index contributed by atoms with van der Waals surface area (Å²) in [5.74, 6) is -0.503. The van der Waals surface area contributed by atoms with Crippen molar-refractivity contribution in [1.82, 2.24) is 4.90 Å². The summed E-state index contributed by atoms with van der Waals surface area (Å²) in [5, 5.41) is 0.672. The topological polar surface area (TPSA) is 46.6 Å². The standard InChI is InChI=1S/C19H26ClNO3/c1-4-21(13-14(2)17(22)24-3)18(23)19(11-5-6-12-19)15-7-9-16(20)10-8-15/h7-10,14H,4-6,11-13H2,1-3H3. The third-order valence-corrected chi connectivity index (χ3v) is 5.28. The van der Waals surface area contributed by atoms with Crippen LogP contribution in [0.3, 0.4) is 0 Å². The summed E-state index contributed by atoms with van der Waals surface area (Å²) in [7, 11) is 1.38. The van der Waals surface area contributed by atoms with Crippen LogP contribution in [0.5, 0.6) is 0 Å². The van der Waals surface area contributed by atoms with Gasteiger partial charge < -0.3 is 9.64 Å². The lowest BCUT2D eigenvalue weighted by Crippen LogP contribution is -2.47. The Morgan fingerprint density at radius 1 is 1.25 bits per heavy atom. The van der Waals surface area contributed by atoms with Crippen LogP contribution in [-0.2, 0) is 19.7 Å². The number of nitrogens with zero attached hydrogens (tertiary/aromatic N) is 1. The Hall–Kier alpha value is -1.55. The van der Waals surface area contributed by atoms with Crippen LogP contribution in [0, 0.1) is 5.92 Å². The maximum Gasteiger partial charge on any atom is 0.310 e. The molecule has 0 saturated heterocycles. The van der Waals surface area contributed by atoms with Gasteiger partial charge in [-0.25, -0.2) is 0 Å². The number of methoxy groups -OCH3 is 1. The van der Waals surface area contributed by atoms with Crippen LogP contribution in [0.4, 0.5) is 0 Å². The molecule has 1 saturated carbocycles. The van der Waals surface area contributed by atoms with Crippen LogP contribution in [0.1, 0.15) is 45.1 Å². The van der Waals surface area contributed by atoms with Gasteiger partial charge in [0.25, 0.3) is 0 Å². The molecular formula is C19H26ClNO3. The Morgan fingerprint density at radius 3 is 2.33 bits per heavy atom. The SMILES string of the molecule is CCN(CC(C)C(=O)OC)C(=O)C1(c2ccc(Cl)cc2)CCCC1. The van der Waals surface area contributed by atoms with Crippen molar-refractivity contribution in [2.75, 3.05) is 20.2 Å². The van der Waals surface area contributed by atoms with Gasteiger partial charge in [0, 0.05) is 18.1 Å². The summed E-state index contributed by atoms with van der Waals surface area (Å²) < 4.78 is 4.79. The van der Waals surface area contributed by atoms with Gasteiger partial charge in [-0.15, -0.1) is 0 Å². The van der Waals surface area contributed by atoms with Crippen molar-refractivity contribution in [3.05, 3.63) is 34.9 Å². The normalized spacial score (nSPS) is 17.3. The molecule has 1 aliphatic carbocycles. The average molecular weight is 352 g/mol. The van der Waals surface area contributed by atoms with Gasteiger partial charge >= 0.3 is 5.97 Å². The van der Waals surface area contributed by atoms with Crippen molar-refractivity contribution in [1.29, 1.82) is 0 Å². The molecule has 1 atom stereocenters. The Labute approximate surface area is 149 Å². The summed E-state index contributed by atoms with van der Waals surface area (Å²) in [5.41, 5.74) is 0.537. The second-order valence-corrected chi connectivity index (χ2v) is 7.00. The number of benzene rings is 1.